The summed E-state index contributed by atoms with van der Waals surface area (Å²) in [5, 5.41) is 14.7. The van der Waals surface area contributed by atoms with Gasteiger partial charge < -0.3 is 10.4 Å². The van der Waals surface area contributed by atoms with Gasteiger partial charge in [-0.3, -0.25) is 14.5 Å². The van der Waals surface area contributed by atoms with Gasteiger partial charge in [0.15, 0.2) is 5.78 Å². The summed E-state index contributed by atoms with van der Waals surface area (Å²) < 4.78 is 23.7. The largest absolute Gasteiger partial charge is 0.390 e. The van der Waals surface area contributed by atoms with Gasteiger partial charge in [0.2, 0.25) is 5.91 Å². The molecule has 1 aromatic rings. The van der Waals surface area contributed by atoms with Crippen molar-refractivity contribution in [3.8, 4) is 0 Å². The van der Waals surface area contributed by atoms with Crippen LogP contribution in [0.3, 0.4) is 0 Å². The summed E-state index contributed by atoms with van der Waals surface area (Å²) >= 11 is 0. The molecule has 0 radical (unpaired) electrons. The Morgan fingerprint density at radius 2 is 1.80 bits per heavy atom. The summed E-state index contributed by atoms with van der Waals surface area (Å²) in [6.45, 7) is 13.3. The van der Waals surface area contributed by atoms with Crippen molar-refractivity contribution in [1.82, 2.24) is 10.2 Å². The van der Waals surface area contributed by atoms with E-state index in [-0.39, 0.29) is 46.8 Å². The Morgan fingerprint density at radius 1 is 1.15 bits per heavy atom. The Morgan fingerprint density at radius 3 is 2.39 bits per heavy atom. The van der Waals surface area contributed by atoms with Crippen LogP contribution in [0, 0.1) is 28.6 Å². The molecule has 2 aliphatic rings. The number of Topliss-reactive ketones (excluding diaryl/α,β-unsaturated/α-hetero) is 1. The van der Waals surface area contributed by atoms with Crippen LogP contribution in [0.4, 0.5) is 0 Å². The van der Waals surface area contributed by atoms with Crippen molar-refractivity contribution in [3.63, 3.8) is 0 Å². The van der Waals surface area contributed by atoms with E-state index in [1.807, 2.05) is 37.3 Å². The van der Waals surface area contributed by atoms with Crippen LogP contribution >= 0.6 is 0 Å². The molecule has 7 unspecified atom stereocenters. The average Bonchev–Trinajstić information content (AvgIpc) is 2.90. The highest BCUT2D eigenvalue weighted by Gasteiger charge is 2.50. The predicted molar refractivity (Wildman–Crippen MR) is 165 cm³/mol. The van der Waals surface area contributed by atoms with E-state index >= 15 is 0 Å². The highest BCUT2D eigenvalue weighted by molar-refractivity contribution is 7.90. The standard InChI is InChI=1S/C33H54N2O5S/c1-8-33-17-13-12-16-26(33)19-28(30(37)24(3)32(4,5)6)35(22-33)20-29(36)27(18-25-14-10-9-11-15-25)34-31(38)23(2)21-41(7,39)40/h9-11,14-15,23-24,26-29,36H,8,12-13,16-22H2,1-7H3,(H,34,38). The van der Waals surface area contributed by atoms with Crippen LogP contribution in [-0.2, 0) is 25.8 Å². The van der Waals surface area contributed by atoms with Crippen LogP contribution in [0.15, 0.2) is 30.3 Å². The number of nitrogens with one attached hydrogen (secondary N) is 1. The fraction of sp³-hybridized carbons (Fsp3) is 0.758. The molecule has 232 valence electrons. The molecule has 7 nitrogen and oxygen atoms in total. The minimum atomic E-state index is -3.33. The molecule has 1 aliphatic carbocycles. The maximum Gasteiger partial charge on any atom is 0.224 e. The fourth-order valence-corrected chi connectivity index (χ4v) is 8.10. The molecular weight excluding hydrogens is 536 g/mol. The number of carbonyl (C=O) groups is 2. The number of fused-ring (bicyclic) bond motifs is 1. The highest BCUT2D eigenvalue weighted by Crippen LogP contribution is 2.50. The van der Waals surface area contributed by atoms with Crippen molar-refractivity contribution >= 4 is 21.5 Å². The third kappa shape index (κ3) is 8.87. The van der Waals surface area contributed by atoms with E-state index in [9.17, 15) is 23.1 Å². The Kier molecular flexibility index (Phi) is 11.3. The SMILES string of the molecule is CCC12CCCCC1CC(C(=O)C(C)C(C)(C)C)N(CC(O)C(Cc1ccccc1)NC(=O)C(C)CS(C)(=O)=O)C2. The van der Waals surface area contributed by atoms with Gasteiger partial charge in [0.05, 0.1) is 23.9 Å². The Hall–Kier alpha value is -1.77. The van der Waals surface area contributed by atoms with Gasteiger partial charge in [0.1, 0.15) is 9.84 Å². The molecule has 0 spiro atoms. The molecule has 1 heterocycles. The lowest BCUT2D eigenvalue weighted by Gasteiger charge is -2.55. The molecule has 1 amide bonds. The number of β-amino-alcohol motifs (C(OH)–C–C–N with tert-alkyl or cyclic N) is 1. The quantitative estimate of drug-likeness (QED) is 0.367. The van der Waals surface area contributed by atoms with E-state index in [4.69, 9.17) is 0 Å². The molecule has 1 aromatic carbocycles. The molecule has 41 heavy (non-hydrogen) atoms. The molecule has 3 rings (SSSR count). The van der Waals surface area contributed by atoms with Crippen LogP contribution in [-0.4, -0.2) is 73.4 Å². The number of nitrogens with zero attached hydrogens (tertiary/aromatic N) is 1. The van der Waals surface area contributed by atoms with Gasteiger partial charge in [-0.1, -0.05) is 84.7 Å². The van der Waals surface area contributed by atoms with E-state index in [0.717, 1.165) is 44.0 Å². The number of benzene rings is 1. The topological polar surface area (TPSA) is 104 Å². The zero-order valence-electron chi connectivity index (χ0n) is 26.4. The predicted octanol–water partition coefficient (Wildman–Crippen LogP) is 4.67. The maximum absolute atomic E-state index is 14.0. The van der Waals surface area contributed by atoms with Crippen molar-refractivity contribution in [1.29, 1.82) is 0 Å². The van der Waals surface area contributed by atoms with Gasteiger partial charge in [-0.05, 0) is 54.4 Å². The average molecular weight is 591 g/mol. The Balaban J connectivity index is 1.90. The number of aliphatic hydroxyl groups is 1. The highest BCUT2D eigenvalue weighted by atomic mass is 32.2. The number of sulfone groups is 1. The van der Waals surface area contributed by atoms with Crippen molar-refractivity contribution in [2.75, 3.05) is 25.1 Å². The molecule has 1 saturated heterocycles. The van der Waals surface area contributed by atoms with Crippen molar-refractivity contribution in [3.05, 3.63) is 35.9 Å². The van der Waals surface area contributed by atoms with E-state index in [0.29, 0.717) is 12.3 Å². The molecule has 7 atom stereocenters. The Labute approximate surface area is 248 Å². The van der Waals surface area contributed by atoms with E-state index in [2.05, 4.69) is 37.9 Å². The van der Waals surface area contributed by atoms with Crippen LogP contribution < -0.4 is 5.32 Å². The van der Waals surface area contributed by atoms with Gasteiger partial charge in [-0.25, -0.2) is 8.42 Å². The summed E-state index contributed by atoms with van der Waals surface area (Å²) in [7, 11) is -3.33. The number of likely N-dealkylation sites (tertiary alicyclic amines) is 1. The van der Waals surface area contributed by atoms with E-state index < -0.39 is 27.9 Å². The lowest BCUT2D eigenvalue weighted by atomic mass is 9.59. The second-order valence-electron chi connectivity index (χ2n) is 14.2. The number of piperidine rings is 1. The van der Waals surface area contributed by atoms with Crippen LogP contribution in [0.2, 0.25) is 0 Å². The molecule has 8 heteroatoms. The summed E-state index contributed by atoms with van der Waals surface area (Å²) in [4.78, 5) is 29.4. The monoisotopic (exact) mass is 590 g/mol. The van der Waals surface area contributed by atoms with Crippen molar-refractivity contribution in [2.45, 2.75) is 105 Å². The Bertz CT molecular complexity index is 1130. The number of amides is 1. The molecule has 2 fully saturated rings. The number of carbonyl (C=O) groups excluding carboxylic acids is 2. The van der Waals surface area contributed by atoms with Crippen LogP contribution in [0.1, 0.15) is 85.6 Å². The van der Waals surface area contributed by atoms with Crippen molar-refractivity contribution < 1.29 is 23.1 Å². The van der Waals surface area contributed by atoms with Gasteiger partial charge in [-0.15, -0.1) is 0 Å². The number of aliphatic hydroxyl groups excluding tert-OH is 1. The van der Waals surface area contributed by atoms with Gasteiger partial charge in [0.25, 0.3) is 0 Å². The third-order valence-electron chi connectivity index (χ3n) is 10.1. The summed E-state index contributed by atoms with van der Waals surface area (Å²) in [5.41, 5.74) is 0.951. The number of rotatable bonds is 12. The first-order valence-electron chi connectivity index (χ1n) is 15.5. The first-order chi connectivity index (χ1) is 19.1. The molecule has 1 aliphatic heterocycles. The van der Waals surface area contributed by atoms with Gasteiger partial charge in [-0.2, -0.15) is 0 Å². The molecule has 0 aromatic heterocycles. The normalized spacial score (nSPS) is 26.8. The molecule has 1 saturated carbocycles. The molecule has 2 N–H and O–H groups in total. The van der Waals surface area contributed by atoms with Crippen LogP contribution in [0.25, 0.3) is 0 Å². The summed E-state index contributed by atoms with van der Waals surface area (Å²) in [5.74, 6) is -0.751. The number of hydrogen-bond donors (Lipinski definition) is 2. The molecular formula is C33H54N2O5S. The number of ketones is 1. The third-order valence-corrected chi connectivity index (χ3v) is 11.2. The summed E-state index contributed by atoms with van der Waals surface area (Å²) in [6.07, 6.45) is 7.18. The zero-order chi connectivity index (χ0) is 30.6. The summed E-state index contributed by atoms with van der Waals surface area (Å²) in [6, 6.07) is 8.81. The maximum atomic E-state index is 14.0. The first-order valence-corrected chi connectivity index (χ1v) is 17.6. The van der Waals surface area contributed by atoms with Crippen LogP contribution in [0.5, 0.6) is 0 Å². The van der Waals surface area contributed by atoms with Gasteiger partial charge >= 0.3 is 0 Å². The zero-order valence-corrected chi connectivity index (χ0v) is 27.2. The van der Waals surface area contributed by atoms with Gasteiger partial charge in [0, 0.05) is 31.2 Å². The lowest BCUT2D eigenvalue weighted by Crippen LogP contribution is -2.61. The van der Waals surface area contributed by atoms with Crippen molar-refractivity contribution in [2.24, 2.45) is 28.6 Å². The number of hydrogen-bond acceptors (Lipinski definition) is 6. The second-order valence-corrected chi connectivity index (χ2v) is 16.4. The minimum Gasteiger partial charge on any atom is -0.390 e. The smallest absolute Gasteiger partial charge is 0.224 e. The fourth-order valence-electron chi connectivity index (χ4n) is 7.04. The minimum absolute atomic E-state index is 0.124. The van der Waals surface area contributed by atoms with E-state index in [1.165, 1.54) is 12.8 Å². The lowest BCUT2D eigenvalue weighted by molar-refractivity contribution is -0.140. The molecule has 0 bridgehead atoms. The first kappa shape index (κ1) is 33.7. The second kappa shape index (κ2) is 13.7. The van der Waals surface area contributed by atoms with E-state index in [1.54, 1.807) is 6.92 Å².